The van der Waals surface area contributed by atoms with Gasteiger partial charge in [0.1, 0.15) is 19.3 Å². The lowest BCUT2D eigenvalue weighted by Crippen LogP contribution is -2.30. The lowest BCUT2D eigenvalue weighted by molar-refractivity contribution is -0.161. The highest BCUT2D eigenvalue weighted by molar-refractivity contribution is 7.47. The zero-order valence-corrected chi connectivity index (χ0v) is 63.7. The van der Waals surface area contributed by atoms with E-state index in [1.165, 1.54) is 0 Å². The second kappa shape index (κ2) is 72.7. The van der Waals surface area contributed by atoms with Crippen LogP contribution in [0.1, 0.15) is 220 Å². The normalized spacial score (nSPS) is 15.2. The fourth-order valence-electron chi connectivity index (χ4n) is 8.53. The molecule has 0 aliphatic heterocycles. The number of hydrogen-bond donors (Lipinski definition) is 3. The van der Waals surface area contributed by atoms with Crippen LogP contribution in [0.15, 0.2) is 219 Å². The van der Waals surface area contributed by atoms with Crippen LogP contribution in [0, 0.1) is 0 Å². The molecule has 0 aromatic heterocycles. The van der Waals surface area contributed by atoms with Crippen LogP contribution in [-0.2, 0) is 65.4 Å². The molecule has 0 rings (SSSR count). The van der Waals surface area contributed by atoms with Gasteiger partial charge in [-0.2, -0.15) is 0 Å². The second-order valence-electron chi connectivity index (χ2n) is 23.4. The van der Waals surface area contributed by atoms with Gasteiger partial charge in [-0.3, -0.25) is 37.3 Å². The average Bonchev–Trinajstić information content (AvgIpc) is 0.923. The highest BCUT2D eigenvalue weighted by Crippen LogP contribution is 2.45. The number of hydrogen-bond acceptors (Lipinski definition) is 15. The van der Waals surface area contributed by atoms with Gasteiger partial charge in [0.05, 0.1) is 39.3 Å². The fourth-order valence-corrected chi connectivity index (χ4v) is 10.1. The number of carbonyl (C=O) groups excluding carboxylic acids is 4. The first-order valence-corrected chi connectivity index (χ1v) is 40.0. The first-order chi connectivity index (χ1) is 49.7. The number of ether oxygens (including phenoxy) is 4. The quantitative estimate of drug-likeness (QED) is 0.0169. The van der Waals surface area contributed by atoms with E-state index in [4.69, 9.17) is 37.0 Å². The summed E-state index contributed by atoms with van der Waals surface area (Å²) in [7, 11) is -10.1. The van der Waals surface area contributed by atoms with E-state index in [1.807, 2.05) is 36.5 Å². The molecule has 19 heteroatoms. The number of carbonyl (C=O) groups is 4. The summed E-state index contributed by atoms with van der Waals surface area (Å²) in [6.07, 6.45) is 91.5. The zero-order valence-electron chi connectivity index (χ0n) is 61.9. The minimum absolute atomic E-state index is 0.0484. The molecule has 0 spiro atoms. The van der Waals surface area contributed by atoms with Gasteiger partial charge in [0.25, 0.3) is 0 Å². The van der Waals surface area contributed by atoms with Crippen LogP contribution in [0.5, 0.6) is 0 Å². The highest BCUT2D eigenvalue weighted by atomic mass is 31.2. The Kier molecular flexibility index (Phi) is 68.0. The van der Waals surface area contributed by atoms with Crippen molar-refractivity contribution in [2.45, 2.75) is 239 Å². The molecular formula is C83H126O17P2. The third kappa shape index (κ3) is 71.8. The van der Waals surface area contributed by atoms with Gasteiger partial charge in [0.2, 0.25) is 0 Å². The highest BCUT2D eigenvalue weighted by Gasteiger charge is 2.30. The molecule has 17 nitrogen and oxygen atoms in total. The van der Waals surface area contributed by atoms with Crippen molar-refractivity contribution in [2.24, 2.45) is 0 Å². The maximum atomic E-state index is 13.1. The van der Waals surface area contributed by atoms with E-state index in [0.29, 0.717) is 32.1 Å². The monoisotopic (exact) mass is 1460 g/mol. The molecule has 0 radical (unpaired) electrons. The molecule has 3 N–H and O–H groups in total. The molecule has 0 saturated carbocycles. The molecule has 0 aromatic carbocycles. The van der Waals surface area contributed by atoms with E-state index in [1.54, 1.807) is 24.3 Å². The Morgan fingerprint density at radius 1 is 0.284 bits per heavy atom. The molecule has 5 unspecified atom stereocenters. The Hall–Kier alpha value is -6.62. The molecule has 0 fully saturated rings. The van der Waals surface area contributed by atoms with E-state index in [-0.39, 0.29) is 25.7 Å². The number of aliphatic hydroxyl groups excluding tert-OH is 1. The first-order valence-electron chi connectivity index (χ1n) is 37.0. The van der Waals surface area contributed by atoms with Crippen LogP contribution in [0.4, 0.5) is 0 Å². The lowest BCUT2D eigenvalue weighted by atomic mass is 10.1. The van der Waals surface area contributed by atoms with Crippen molar-refractivity contribution < 1.29 is 80.2 Å². The van der Waals surface area contributed by atoms with Gasteiger partial charge in [-0.25, -0.2) is 9.13 Å². The van der Waals surface area contributed by atoms with Crippen LogP contribution in [-0.4, -0.2) is 96.7 Å². The van der Waals surface area contributed by atoms with E-state index in [2.05, 4.69) is 186 Å². The number of phosphoric acid groups is 2. The maximum absolute atomic E-state index is 13.1. The first kappa shape index (κ1) is 95.4. The number of rotatable bonds is 66. The Morgan fingerprint density at radius 2 is 0.539 bits per heavy atom. The van der Waals surface area contributed by atoms with Gasteiger partial charge in [0.15, 0.2) is 12.2 Å². The summed E-state index contributed by atoms with van der Waals surface area (Å²) in [5, 5.41) is 10.6. The number of esters is 4. The molecule has 0 aliphatic rings. The van der Waals surface area contributed by atoms with E-state index in [9.17, 15) is 43.2 Å². The molecule has 570 valence electrons. The van der Waals surface area contributed by atoms with Crippen LogP contribution in [0.3, 0.4) is 0 Å². The van der Waals surface area contributed by atoms with Crippen LogP contribution >= 0.6 is 15.6 Å². The number of phosphoric ester groups is 2. The third-order valence-corrected chi connectivity index (χ3v) is 15.9. The van der Waals surface area contributed by atoms with Gasteiger partial charge < -0.3 is 33.8 Å². The van der Waals surface area contributed by atoms with Crippen LogP contribution < -0.4 is 0 Å². The minimum Gasteiger partial charge on any atom is -0.462 e. The Morgan fingerprint density at radius 3 is 0.892 bits per heavy atom. The fraction of sp³-hybridized carbons (Fsp3) is 0.518. The molecule has 0 saturated heterocycles. The standard InChI is InChI=1S/C83H126O17P2/c1-5-9-13-17-21-25-29-33-37-38-42-44-48-52-56-60-64-68-81(86)94-74-79(100-83(88)70-66-62-58-54-50-46-41-36-32-28-24-20-16-12-8-4)76-98-102(91,92)96-72-77(84)71-95-101(89,90)97-75-78(99-82(87)69-65-61-57-53-49-45-40-35-31-27-23-19-15-11-7-3)73-93-80(85)67-63-59-55-51-47-43-39-34-30-26-22-18-14-10-6-2/h9-16,21-28,33-37,39-42,44,47,49,51-53,56,59,61,63,65,77-79,84H,5-8,17-20,29-32,38,43,45-46,48,50,54-55,57-58,60,62,64,66-76H2,1-4H3,(H,89,90)(H,91,92)/b13-9-,14-10-,15-11-,16-12-,25-21-,26-22-,27-23-,28-24-,37-33-,39-34-,40-35-,41-36-,44-42-,51-47-,53-49-,56-52-,63-59-,65-61-. The molecule has 0 amide bonds. The summed E-state index contributed by atoms with van der Waals surface area (Å²) < 4.78 is 68.1. The Labute approximate surface area is 613 Å². The molecule has 0 bridgehead atoms. The summed E-state index contributed by atoms with van der Waals surface area (Å²) in [5.41, 5.74) is 0. The summed E-state index contributed by atoms with van der Waals surface area (Å²) >= 11 is 0. The summed E-state index contributed by atoms with van der Waals surface area (Å²) in [4.78, 5) is 72.7. The van der Waals surface area contributed by atoms with E-state index < -0.39 is 97.5 Å². The largest absolute Gasteiger partial charge is 0.472 e. The molecule has 5 atom stereocenters. The topological polar surface area (TPSA) is 237 Å². The predicted octanol–water partition coefficient (Wildman–Crippen LogP) is 21.3. The van der Waals surface area contributed by atoms with Crippen molar-refractivity contribution in [3.8, 4) is 0 Å². The number of allylic oxidation sites excluding steroid dienone is 34. The van der Waals surface area contributed by atoms with E-state index in [0.717, 1.165) is 135 Å². The van der Waals surface area contributed by atoms with Crippen molar-refractivity contribution in [3.05, 3.63) is 219 Å². The Bertz CT molecular complexity index is 2800. The third-order valence-electron chi connectivity index (χ3n) is 14.0. The van der Waals surface area contributed by atoms with E-state index >= 15 is 0 Å². The molecular weight excluding hydrogens is 1330 g/mol. The zero-order chi connectivity index (χ0) is 74.6. The van der Waals surface area contributed by atoms with Crippen LogP contribution in [0.2, 0.25) is 0 Å². The molecule has 0 aromatic rings. The van der Waals surface area contributed by atoms with Crippen molar-refractivity contribution in [1.82, 2.24) is 0 Å². The average molecular weight is 1460 g/mol. The summed E-state index contributed by atoms with van der Waals surface area (Å²) in [5.74, 6) is -2.60. The van der Waals surface area contributed by atoms with Crippen molar-refractivity contribution in [1.29, 1.82) is 0 Å². The maximum Gasteiger partial charge on any atom is 0.472 e. The van der Waals surface area contributed by atoms with Gasteiger partial charge in [0, 0.05) is 12.8 Å². The second-order valence-corrected chi connectivity index (χ2v) is 26.3. The SMILES string of the molecule is CC/C=C\C/C=C\C/C=C\C/C=C\C/C=C\CCCC(=O)OCC(COP(=O)(O)OCC(O)COP(=O)(O)OCC(COC(=O)C/C=C\C/C=C\C/C=C\C/C=C\C/C=C\CC)OC(=O)C/C=C\C/C=C\C/C=C\C/C=C\C/C=C\CC)OC(=O)CCCCCCC/C=C\C/C=C\C/C=C\CC. The van der Waals surface area contributed by atoms with Gasteiger partial charge in [-0.1, -0.05) is 266 Å². The van der Waals surface area contributed by atoms with Crippen molar-refractivity contribution >= 4 is 39.5 Å². The smallest absolute Gasteiger partial charge is 0.462 e. The minimum atomic E-state index is -5.04. The van der Waals surface area contributed by atoms with Gasteiger partial charge in [-0.05, 0) is 148 Å². The molecule has 0 aliphatic carbocycles. The summed E-state index contributed by atoms with van der Waals surface area (Å²) in [6, 6.07) is 0. The van der Waals surface area contributed by atoms with Gasteiger partial charge in [-0.15, -0.1) is 0 Å². The van der Waals surface area contributed by atoms with Gasteiger partial charge >= 0.3 is 39.5 Å². The summed E-state index contributed by atoms with van der Waals surface area (Å²) in [6.45, 7) is 4.03. The van der Waals surface area contributed by atoms with Crippen molar-refractivity contribution in [2.75, 3.05) is 39.6 Å². The molecule has 0 heterocycles. The number of unbranched alkanes of at least 4 members (excludes halogenated alkanes) is 6. The Balaban J connectivity index is 5.59. The lowest BCUT2D eigenvalue weighted by Gasteiger charge is -2.21. The van der Waals surface area contributed by atoms with Crippen molar-refractivity contribution in [3.63, 3.8) is 0 Å². The number of aliphatic hydroxyl groups is 1. The predicted molar refractivity (Wildman–Crippen MR) is 417 cm³/mol. The molecule has 102 heavy (non-hydrogen) atoms. The van der Waals surface area contributed by atoms with Crippen LogP contribution in [0.25, 0.3) is 0 Å².